The SMILES string of the molecule is Cc1ccc(S(=O)(=O)c2nc(-c3ccccc3F)oc2NCC2CCCO2)cc1. The van der Waals surface area contributed by atoms with Crippen LogP contribution >= 0.6 is 0 Å². The Labute approximate surface area is 168 Å². The van der Waals surface area contributed by atoms with Crippen LogP contribution < -0.4 is 5.32 Å². The van der Waals surface area contributed by atoms with Crippen LogP contribution in [0.25, 0.3) is 11.5 Å². The number of rotatable bonds is 6. The predicted octanol–water partition coefficient (Wildman–Crippen LogP) is 4.21. The van der Waals surface area contributed by atoms with Gasteiger partial charge in [-0.3, -0.25) is 0 Å². The number of aromatic nitrogens is 1. The van der Waals surface area contributed by atoms with Gasteiger partial charge in [0.25, 0.3) is 0 Å². The van der Waals surface area contributed by atoms with Crippen molar-refractivity contribution < 1.29 is 22.0 Å². The van der Waals surface area contributed by atoms with Gasteiger partial charge in [-0.1, -0.05) is 29.8 Å². The lowest BCUT2D eigenvalue weighted by Crippen LogP contribution is -2.19. The zero-order valence-electron chi connectivity index (χ0n) is 15.9. The molecular weight excluding hydrogens is 395 g/mol. The van der Waals surface area contributed by atoms with Gasteiger partial charge in [-0.05, 0) is 44.0 Å². The van der Waals surface area contributed by atoms with E-state index in [2.05, 4.69) is 10.3 Å². The second kappa shape index (κ2) is 7.96. The van der Waals surface area contributed by atoms with E-state index in [-0.39, 0.29) is 33.4 Å². The van der Waals surface area contributed by atoms with Gasteiger partial charge < -0.3 is 14.5 Å². The van der Waals surface area contributed by atoms with Gasteiger partial charge in [0.15, 0.2) is 0 Å². The first-order chi connectivity index (χ1) is 13.9. The molecule has 0 aliphatic carbocycles. The third-order valence-corrected chi connectivity index (χ3v) is 6.48. The quantitative estimate of drug-likeness (QED) is 0.648. The highest BCUT2D eigenvalue weighted by Crippen LogP contribution is 2.33. The first kappa shape index (κ1) is 19.6. The van der Waals surface area contributed by atoms with Gasteiger partial charge >= 0.3 is 0 Å². The highest BCUT2D eigenvalue weighted by atomic mass is 32.2. The Kier molecular flexibility index (Phi) is 5.38. The van der Waals surface area contributed by atoms with Crippen LogP contribution in [0.5, 0.6) is 0 Å². The van der Waals surface area contributed by atoms with E-state index in [1.807, 2.05) is 6.92 Å². The van der Waals surface area contributed by atoms with Gasteiger partial charge in [0, 0.05) is 13.2 Å². The maximum Gasteiger partial charge on any atom is 0.233 e. The van der Waals surface area contributed by atoms with Crippen molar-refractivity contribution >= 4 is 15.7 Å². The standard InChI is InChI=1S/C21H21FN2O4S/c1-14-8-10-16(11-9-14)29(25,26)21-20(23-13-15-5-4-12-27-15)28-19(24-21)17-6-2-3-7-18(17)22/h2-3,6-11,15,23H,4-5,12-13H2,1H3. The lowest BCUT2D eigenvalue weighted by molar-refractivity contribution is 0.120. The smallest absolute Gasteiger partial charge is 0.233 e. The molecule has 4 rings (SSSR count). The Morgan fingerprint density at radius 2 is 1.93 bits per heavy atom. The molecule has 1 fully saturated rings. The van der Waals surface area contributed by atoms with Crippen molar-refractivity contribution in [1.29, 1.82) is 0 Å². The van der Waals surface area contributed by atoms with Crippen LogP contribution in [-0.2, 0) is 14.6 Å². The molecule has 2 heterocycles. The fourth-order valence-electron chi connectivity index (χ4n) is 3.19. The van der Waals surface area contributed by atoms with Crippen molar-refractivity contribution in [3.8, 4) is 11.5 Å². The average Bonchev–Trinajstić information content (AvgIpc) is 3.37. The molecular formula is C21H21FN2O4S. The summed E-state index contributed by atoms with van der Waals surface area (Å²) in [5.74, 6) is -0.651. The summed E-state index contributed by atoms with van der Waals surface area (Å²) in [7, 11) is -3.96. The molecule has 1 atom stereocenters. The third-order valence-electron chi connectivity index (χ3n) is 4.80. The van der Waals surface area contributed by atoms with Gasteiger partial charge in [0.1, 0.15) is 5.82 Å². The number of nitrogens with zero attached hydrogens (tertiary/aromatic N) is 1. The molecule has 2 aromatic carbocycles. The number of benzene rings is 2. The Hall–Kier alpha value is -2.71. The molecule has 152 valence electrons. The predicted molar refractivity (Wildman–Crippen MR) is 106 cm³/mol. The number of anilines is 1. The minimum atomic E-state index is -3.96. The molecule has 0 amide bonds. The highest BCUT2D eigenvalue weighted by Gasteiger charge is 2.30. The fraction of sp³-hybridized carbons (Fsp3) is 0.286. The normalized spacial score (nSPS) is 16.8. The summed E-state index contributed by atoms with van der Waals surface area (Å²) in [4.78, 5) is 4.25. The lowest BCUT2D eigenvalue weighted by atomic mass is 10.2. The largest absolute Gasteiger partial charge is 0.419 e. The van der Waals surface area contributed by atoms with Crippen molar-refractivity contribution in [3.05, 3.63) is 59.9 Å². The first-order valence-corrected chi connectivity index (χ1v) is 10.9. The summed E-state index contributed by atoms with van der Waals surface area (Å²) in [6.45, 7) is 2.93. The first-order valence-electron chi connectivity index (χ1n) is 9.38. The summed E-state index contributed by atoms with van der Waals surface area (Å²) < 4.78 is 51.9. The molecule has 0 bridgehead atoms. The average molecular weight is 416 g/mol. The molecule has 0 spiro atoms. The van der Waals surface area contributed by atoms with E-state index in [0.717, 1.165) is 18.4 Å². The molecule has 0 saturated carbocycles. The Morgan fingerprint density at radius 1 is 1.17 bits per heavy atom. The summed E-state index contributed by atoms with van der Waals surface area (Å²) in [5.41, 5.74) is 1.03. The third kappa shape index (κ3) is 4.04. The maximum absolute atomic E-state index is 14.2. The number of hydrogen-bond acceptors (Lipinski definition) is 6. The minimum absolute atomic E-state index is 0.0145. The van der Waals surface area contributed by atoms with Crippen LogP contribution in [0.4, 0.5) is 10.3 Å². The van der Waals surface area contributed by atoms with Crippen LogP contribution in [0.2, 0.25) is 0 Å². The van der Waals surface area contributed by atoms with Crippen LogP contribution in [-0.4, -0.2) is 32.7 Å². The van der Waals surface area contributed by atoms with E-state index >= 15 is 0 Å². The summed E-state index contributed by atoms with van der Waals surface area (Å²) in [6, 6.07) is 12.4. The van der Waals surface area contributed by atoms with E-state index in [1.165, 1.54) is 24.3 Å². The number of nitrogens with one attached hydrogen (secondary N) is 1. The Balaban J connectivity index is 1.75. The fourth-order valence-corrected chi connectivity index (χ4v) is 4.47. The number of halogens is 1. The Morgan fingerprint density at radius 3 is 2.62 bits per heavy atom. The van der Waals surface area contributed by atoms with E-state index < -0.39 is 15.7 Å². The zero-order valence-corrected chi connectivity index (χ0v) is 16.7. The van der Waals surface area contributed by atoms with Crippen molar-refractivity contribution in [1.82, 2.24) is 4.98 Å². The molecule has 6 nitrogen and oxygen atoms in total. The molecule has 1 saturated heterocycles. The molecule has 8 heteroatoms. The second-order valence-corrected chi connectivity index (χ2v) is 8.83. The topological polar surface area (TPSA) is 81.4 Å². The zero-order chi connectivity index (χ0) is 20.4. The molecule has 1 aliphatic rings. The van der Waals surface area contributed by atoms with Gasteiger partial charge in [-0.15, -0.1) is 0 Å². The number of hydrogen-bond donors (Lipinski definition) is 1. The maximum atomic E-state index is 14.2. The molecule has 1 aromatic heterocycles. The van der Waals surface area contributed by atoms with Crippen LogP contribution in [0.3, 0.4) is 0 Å². The Bertz CT molecular complexity index is 1100. The number of sulfone groups is 1. The highest BCUT2D eigenvalue weighted by molar-refractivity contribution is 7.91. The second-order valence-electron chi connectivity index (χ2n) is 6.97. The number of aryl methyl sites for hydroxylation is 1. The molecule has 1 N–H and O–H groups in total. The summed E-state index contributed by atoms with van der Waals surface area (Å²) >= 11 is 0. The van der Waals surface area contributed by atoms with Crippen LogP contribution in [0.15, 0.2) is 62.9 Å². The summed E-state index contributed by atoms with van der Waals surface area (Å²) in [5, 5.41) is 2.73. The van der Waals surface area contributed by atoms with Gasteiger partial charge in [0.2, 0.25) is 26.6 Å². The van der Waals surface area contributed by atoms with Gasteiger partial charge in [0.05, 0.1) is 16.6 Å². The van der Waals surface area contributed by atoms with Crippen molar-refractivity contribution in [2.75, 3.05) is 18.5 Å². The molecule has 29 heavy (non-hydrogen) atoms. The number of ether oxygens (including phenoxy) is 1. The van der Waals surface area contributed by atoms with E-state index in [4.69, 9.17) is 9.15 Å². The van der Waals surface area contributed by atoms with E-state index in [9.17, 15) is 12.8 Å². The van der Waals surface area contributed by atoms with Crippen LogP contribution in [0, 0.1) is 12.7 Å². The van der Waals surface area contributed by atoms with Crippen molar-refractivity contribution in [2.24, 2.45) is 0 Å². The van der Waals surface area contributed by atoms with Gasteiger partial charge in [-0.25, -0.2) is 12.8 Å². The van der Waals surface area contributed by atoms with Gasteiger partial charge in [-0.2, -0.15) is 4.98 Å². The minimum Gasteiger partial charge on any atom is -0.419 e. The van der Waals surface area contributed by atoms with Crippen molar-refractivity contribution in [2.45, 2.75) is 35.8 Å². The van der Waals surface area contributed by atoms with Crippen molar-refractivity contribution in [3.63, 3.8) is 0 Å². The lowest BCUT2D eigenvalue weighted by Gasteiger charge is -2.10. The van der Waals surface area contributed by atoms with E-state index in [0.29, 0.717) is 13.2 Å². The van der Waals surface area contributed by atoms with E-state index in [1.54, 1.807) is 24.3 Å². The molecule has 1 aliphatic heterocycles. The molecule has 1 unspecified atom stereocenters. The van der Waals surface area contributed by atoms with Crippen LogP contribution in [0.1, 0.15) is 18.4 Å². The summed E-state index contributed by atoms with van der Waals surface area (Å²) in [6.07, 6.45) is 1.80. The monoisotopic (exact) mass is 416 g/mol. The number of oxazole rings is 1. The molecule has 0 radical (unpaired) electrons. The molecule has 3 aromatic rings.